The number of rotatable bonds is 3. The first-order valence-electron chi connectivity index (χ1n) is 17.2. The van der Waals surface area contributed by atoms with Gasteiger partial charge in [-0.05, 0) is 6.42 Å². The molecule has 258 valence electrons. The van der Waals surface area contributed by atoms with E-state index in [4.69, 9.17) is 0 Å². The van der Waals surface area contributed by atoms with Gasteiger partial charge in [0.1, 0.15) is 0 Å². The van der Waals surface area contributed by atoms with Crippen molar-refractivity contribution in [3.8, 4) is 11.1 Å². The Kier molecular flexibility index (Phi) is 15.5. The van der Waals surface area contributed by atoms with Gasteiger partial charge in [-0.3, -0.25) is 6.08 Å². The standard InChI is InChI=1S/C21H26.C13H9.C12H19.2ClH.Zr/c1-20(2,3)18-11-7-16(8-12-18)15-17-9-13-19(14-10-17)21(4,5)6;1-3-7-12-10(5-1)9-11-6-2-4-8-13(11)12;1-6-10-7-9(2)8-11(10)12(3,4)5;;;/h7-14H,1-6H3;1-5,7-8H,9H2;8-9H,6H2,1-5H3;2*1H;/q;2*-1;;;+2/p-2. The monoisotopic (exact) mass is 766 g/mol. The van der Waals surface area contributed by atoms with Crippen LogP contribution in [0.15, 0.2) is 108 Å². The third-order valence-corrected chi connectivity index (χ3v) is 10.4. The van der Waals surface area contributed by atoms with Crippen LogP contribution in [0.25, 0.3) is 11.1 Å². The van der Waals surface area contributed by atoms with Gasteiger partial charge in [-0.1, -0.05) is 87.8 Å². The number of halogens is 2. The number of hydrogen-bond acceptors (Lipinski definition) is 0. The van der Waals surface area contributed by atoms with Crippen molar-refractivity contribution in [1.29, 1.82) is 0 Å². The van der Waals surface area contributed by atoms with Crippen molar-refractivity contribution in [1.82, 2.24) is 0 Å². The van der Waals surface area contributed by atoms with Crippen LogP contribution < -0.4 is 24.8 Å². The molecule has 0 aromatic heterocycles. The van der Waals surface area contributed by atoms with Crippen LogP contribution >= 0.6 is 0 Å². The fourth-order valence-corrected chi connectivity index (χ4v) is 7.00. The number of fused-ring (bicyclic) bond motifs is 3. The first kappa shape index (κ1) is 42.9. The van der Waals surface area contributed by atoms with Gasteiger partial charge in [0, 0.05) is 0 Å². The van der Waals surface area contributed by atoms with Crippen LogP contribution in [0.3, 0.4) is 0 Å². The molecule has 0 nitrogen and oxygen atoms in total. The van der Waals surface area contributed by atoms with E-state index in [1.807, 2.05) is 6.07 Å². The van der Waals surface area contributed by atoms with E-state index in [2.05, 4.69) is 179 Å². The van der Waals surface area contributed by atoms with E-state index in [0.717, 1.165) is 12.8 Å². The van der Waals surface area contributed by atoms with Gasteiger partial charge in [-0.15, -0.1) is 5.56 Å². The van der Waals surface area contributed by atoms with Crippen LogP contribution in [0.1, 0.15) is 116 Å². The average Bonchev–Trinajstić information content (AvgIpc) is 3.61. The molecule has 4 aromatic rings. The Morgan fingerprint density at radius 1 is 0.673 bits per heavy atom. The molecule has 2 aliphatic carbocycles. The van der Waals surface area contributed by atoms with E-state index in [9.17, 15) is 0 Å². The summed E-state index contributed by atoms with van der Waals surface area (Å²) in [6.45, 7) is 24.8. The molecular formula is C46H54Cl2Zr-2. The smallest absolute Gasteiger partial charge is 0.0253 e. The Hall–Kier alpha value is -2.31. The van der Waals surface area contributed by atoms with E-state index < -0.39 is 0 Å². The summed E-state index contributed by atoms with van der Waals surface area (Å²) in [5.41, 5.74) is 14.6. The minimum absolute atomic E-state index is 0. The zero-order valence-corrected chi connectivity index (χ0v) is 35.5. The Morgan fingerprint density at radius 3 is 1.61 bits per heavy atom. The minimum atomic E-state index is 0. The fraction of sp³-hybridized carbons (Fsp3) is 0.370. The molecule has 0 radical (unpaired) electrons. The summed E-state index contributed by atoms with van der Waals surface area (Å²) in [7, 11) is 0. The molecule has 0 heterocycles. The summed E-state index contributed by atoms with van der Waals surface area (Å²) in [5, 5.41) is 0. The summed E-state index contributed by atoms with van der Waals surface area (Å²) >= 11 is 1.46. The molecule has 1 unspecified atom stereocenters. The topological polar surface area (TPSA) is 0 Å². The van der Waals surface area contributed by atoms with Gasteiger partial charge in [-0.2, -0.15) is 41.5 Å². The van der Waals surface area contributed by atoms with Crippen molar-refractivity contribution in [3.63, 3.8) is 0 Å². The summed E-state index contributed by atoms with van der Waals surface area (Å²) in [6.07, 6.45) is 8.00. The molecule has 0 aliphatic heterocycles. The van der Waals surface area contributed by atoms with Gasteiger partial charge >= 0.3 is 151 Å². The van der Waals surface area contributed by atoms with Crippen molar-refractivity contribution in [2.75, 3.05) is 0 Å². The van der Waals surface area contributed by atoms with Crippen molar-refractivity contribution < 1.29 is 49.0 Å². The molecule has 4 aromatic carbocycles. The number of benzene rings is 4. The molecule has 0 bridgehead atoms. The Morgan fingerprint density at radius 2 is 1.16 bits per heavy atom. The van der Waals surface area contributed by atoms with Gasteiger partial charge < -0.3 is 24.8 Å². The predicted molar refractivity (Wildman–Crippen MR) is 201 cm³/mol. The normalized spacial score (nSPS) is 14.7. The van der Waals surface area contributed by atoms with Crippen molar-refractivity contribution in [3.05, 3.63) is 154 Å². The molecule has 1 atom stereocenters. The van der Waals surface area contributed by atoms with Crippen LogP contribution in [0.2, 0.25) is 0 Å². The number of allylic oxidation sites excluding steroid dienone is 4. The molecule has 0 spiro atoms. The van der Waals surface area contributed by atoms with E-state index in [-0.39, 0.29) is 35.6 Å². The largest absolute Gasteiger partial charge is 1.00 e. The molecule has 6 rings (SSSR count). The van der Waals surface area contributed by atoms with Crippen LogP contribution in [0.4, 0.5) is 0 Å². The summed E-state index contributed by atoms with van der Waals surface area (Å²) in [5.74, 6) is 0.522. The first-order chi connectivity index (χ1) is 22.0. The minimum Gasteiger partial charge on any atom is -1.00 e. The molecule has 49 heavy (non-hydrogen) atoms. The van der Waals surface area contributed by atoms with E-state index in [1.54, 1.807) is 0 Å². The summed E-state index contributed by atoms with van der Waals surface area (Å²) in [4.78, 5) is 0. The van der Waals surface area contributed by atoms with Crippen LogP contribution in [0, 0.1) is 23.5 Å². The Balaban J connectivity index is 0.000000265. The van der Waals surface area contributed by atoms with E-state index in [0.29, 0.717) is 11.3 Å². The third kappa shape index (κ3) is 11.3. The number of hydrogen-bond donors (Lipinski definition) is 0. The SMILES string of the molecule is CC(C)(C)c1ccc([C](=[Zr+2])c2ccc(C(C)(C)C)cc2)cc1.CCC1=[C-]C(C)C=C1C(C)(C)C.[Cl-].[Cl-].[c-]1cccc2c1Cc1ccccc1-2. The fourth-order valence-electron chi connectivity index (χ4n) is 6.18. The molecule has 0 saturated carbocycles. The van der Waals surface area contributed by atoms with Crippen LogP contribution in [-0.4, -0.2) is 3.21 Å². The maximum Gasteiger partial charge on any atom is -0.0253 e. The average molecular weight is 769 g/mol. The molecule has 0 amide bonds. The second-order valence-corrected chi connectivity index (χ2v) is 17.3. The second-order valence-electron chi connectivity index (χ2n) is 16.0. The third-order valence-electron chi connectivity index (χ3n) is 9.00. The maximum absolute atomic E-state index is 3.48. The van der Waals surface area contributed by atoms with Crippen LogP contribution in [-0.2, 0) is 41.5 Å². The van der Waals surface area contributed by atoms with E-state index >= 15 is 0 Å². The van der Waals surface area contributed by atoms with E-state index in [1.165, 1.54) is 83.1 Å². The molecule has 0 fully saturated rings. The first-order valence-corrected chi connectivity index (χ1v) is 18.4. The Bertz CT molecular complexity index is 1630. The molecule has 0 N–H and O–H groups in total. The van der Waals surface area contributed by atoms with Gasteiger partial charge in [0.25, 0.3) is 0 Å². The Labute approximate surface area is 326 Å². The quantitative estimate of drug-likeness (QED) is 0.192. The molecule has 3 heteroatoms. The summed E-state index contributed by atoms with van der Waals surface area (Å²) in [6, 6.07) is 36.2. The predicted octanol–water partition coefficient (Wildman–Crippen LogP) is 6.21. The van der Waals surface area contributed by atoms with Crippen molar-refractivity contribution in [2.45, 2.75) is 99.8 Å². The zero-order valence-electron chi connectivity index (χ0n) is 31.5. The van der Waals surface area contributed by atoms with Crippen molar-refractivity contribution in [2.24, 2.45) is 11.3 Å². The molecular weight excluding hydrogens is 715 g/mol. The maximum atomic E-state index is 3.48. The zero-order chi connectivity index (χ0) is 34.6. The van der Waals surface area contributed by atoms with Gasteiger partial charge in [0.2, 0.25) is 0 Å². The van der Waals surface area contributed by atoms with Crippen molar-refractivity contribution >= 4 is 3.21 Å². The molecule has 2 aliphatic rings. The van der Waals surface area contributed by atoms with Crippen LogP contribution in [0.5, 0.6) is 0 Å². The van der Waals surface area contributed by atoms with Gasteiger partial charge in [-0.25, -0.2) is 5.57 Å². The van der Waals surface area contributed by atoms with Gasteiger partial charge in [0.05, 0.1) is 0 Å². The summed E-state index contributed by atoms with van der Waals surface area (Å²) < 4.78 is 1.42. The second kappa shape index (κ2) is 17.8. The molecule has 0 saturated heterocycles. The van der Waals surface area contributed by atoms with Gasteiger partial charge in [0.15, 0.2) is 0 Å².